The Kier molecular flexibility index (Phi) is 4.32. The van der Waals surface area contributed by atoms with Crippen molar-refractivity contribution in [3.63, 3.8) is 0 Å². The lowest BCUT2D eigenvalue weighted by Gasteiger charge is -2.30. The van der Waals surface area contributed by atoms with Gasteiger partial charge in [-0.2, -0.15) is 9.40 Å². The Hall–Kier alpha value is -2.45. The number of H-pyrrole nitrogens is 1. The summed E-state index contributed by atoms with van der Waals surface area (Å²) in [4.78, 5) is 4.98. The first kappa shape index (κ1) is 17.6. The molecule has 0 radical (unpaired) electrons. The van der Waals surface area contributed by atoms with Crippen LogP contribution in [-0.4, -0.2) is 45.6 Å². The number of benzene rings is 1. The highest BCUT2D eigenvalue weighted by molar-refractivity contribution is 7.89. The molecular formula is C20H23N5O2S. The molecule has 1 saturated heterocycles. The molecule has 1 aliphatic carbocycles. The SMILES string of the molecule is O=S(=O)(c1ccc(-n2cccc2)cc1)N1CCC(c2nc(C3CC3)n[nH]2)CC1. The molecule has 2 fully saturated rings. The van der Waals surface area contributed by atoms with Crippen molar-refractivity contribution in [3.05, 3.63) is 60.4 Å². The third-order valence-corrected chi connectivity index (χ3v) is 7.59. The highest BCUT2D eigenvalue weighted by Gasteiger charge is 2.33. The van der Waals surface area contributed by atoms with Gasteiger partial charge in [0.1, 0.15) is 5.82 Å². The third kappa shape index (κ3) is 3.27. The van der Waals surface area contributed by atoms with Crippen molar-refractivity contribution in [2.45, 2.75) is 42.4 Å². The van der Waals surface area contributed by atoms with Crippen LogP contribution in [0.2, 0.25) is 0 Å². The molecule has 2 aliphatic rings. The first-order chi connectivity index (χ1) is 13.6. The van der Waals surface area contributed by atoms with Crippen molar-refractivity contribution < 1.29 is 8.42 Å². The molecule has 8 heteroatoms. The van der Waals surface area contributed by atoms with Gasteiger partial charge in [-0.1, -0.05) is 0 Å². The Balaban J connectivity index is 1.27. The fourth-order valence-corrected chi connectivity index (χ4v) is 5.28. The van der Waals surface area contributed by atoms with Gasteiger partial charge in [-0.15, -0.1) is 0 Å². The smallest absolute Gasteiger partial charge is 0.243 e. The summed E-state index contributed by atoms with van der Waals surface area (Å²) in [6.45, 7) is 1.01. The minimum Gasteiger partial charge on any atom is -0.324 e. The molecule has 1 N–H and O–H groups in total. The highest BCUT2D eigenvalue weighted by Crippen LogP contribution is 2.38. The van der Waals surface area contributed by atoms with Gasteiger partial charge in [-0.25, -0.2) is 13.4 Å². The van der Waals surface area contributed by atoms with E-state index in [-0.39, 0.29) is 5.92 Å². The summed E-state index contributed by atoms with van der Waals surface area (Å²) >= 11 is 0. The number of hydrogen-bond donors (Lipinski definition) is 1. The van der Waals surface area contributed by atoms with Crippen LogP contribution in [0.25, 0.3) is 5.69 Å². The summed E-state index contributed by atoms with van der Waals surface area (Å²) in [6, 6.07) is 10.9. The van der Waals surface area contributed by atoms with Crippen LogP contribution in [0.5, 0.6) is 0 Å². The summed E-state index contributed by atoms with van der Waals surface area (Å²) in [7, 11) is -3.47. The van der Waals surface area contributed by atoms with E-state index in [4.69, 9.17) is 0 Å². The normalized spacial score (nSPS) is 19.1. The maximum Gasteiger partial charge on any atom is 0.243 e. The fourth-order valence-electron chi connectivity index (χ4n) is 3.81. The number of rotatable bonds is 5. The topological polar surface area (TPSA) is 83.9 Å². The molecule has 0 spiro atoms. The second kappa shape index (κ2) is 6.86. The quantitative estimate of drug-likeness (QED) is 0.717. The summed E-state index contributed by atoms with van der Waals surface area (Å²) in [6.07, 6.45) is 7.76. The van der Waals surface area contributed by atoms with Gasteiger partial charge in [0.15, 0.2) is 5.82 Å². The number of aromatic amines is 1. The van der Waals surface area contributed by atoms with E-state index < -0.39 is 10.0 Å². The first-order valence-electron chi connectivity index (χ1n) is 9.77. The first-order valence-corrected chi connectivity index (χ1v) is 11.2. The molecule has 5 rings (SSSR count). The standard InChI is InChI=1S/C20H23N5O2S/c26-28(27,18-7-5-17(6-8-18)24-11-1-2-12-24)25-13-9-16(10-14-25)20-21-19(22-23-20)15-3-4-15/h1-2,5-8,11-12,15-16H,3-4,9-10,13-14H2,(H,21,22,23). The Morgan fingerprint density at radius 2 is 1.61 bits per heavy atom. The van der Waals surface area contributed by atoms with Gasteiger partial charge in [0.25, 0.3) is 0 Å². The maximum absolute atomic E-state index is 13.0. The number of sulfonamides is 1. The molecule has 146 valence electrons. The van der Waals surface area contributed by atoms with Gasteiger partial charge < -0.3 is 4.57 Å². The third-order valence-electron chi connectivity index (χ3n) is 5.68. The number of piperidine rings is 1. The van der Waals surface area contributed by atoms with E-state index in [0.717, 1.165) is 30.2 Å². The van der Waals surface area contributed by atoms with Crippen LogP contribution in [-0.2, 0) is 10.0 Å². The van der Waals surface area contributed by atoms with E-state index in [2.05, 4.69) is 15.2 Å². The Morgan fingerprint density at radius 3 is 2.25 bits per heavy atom. The van der Waals surface area contributed by atoms with E-state index in [1.807, 2.05) is 41.2 Å². The van der Waals surface area contributed by atoms with Crippen molar-refractivity contribution >= 4 is 10.0 Å². The zero-order chi connectivity index (χ0) is 19.1. The Bertz CT molecular complexity index is 1040. The number of nitrogens with zero attached hydrogens (tertiary/aromatic N) is 4. The summed E-state index contributed by atoms with van der Waals surface area (Å²) in [5.41, 5.74) is 0.944. The Labute approximate surface area is 164 Å². The minimum absolute atomic E-state index is 0.252. The van der Waals surface area contributed by atoms with Crippen LogP contribution < -0.4 is 0 Å². The molecule has 3 heterocycles. The van der Waals surface area contributed by atoms with E-state index >= 15 is 0 Å². The largest absolute Gasteiger partial charge is 0.324 e. The summed E-state index contributed by atoms with van der Waals surface area (Å²) < 4.78 is 29.6. The number of aromatic nitrogens is 4. The average Bonchev–Trinajstić information content (AvgIpc) is 3.21. The van der Waals surface area contributed by atoms with E-state index in [0.29, 0.717) is 23.9 Å². The van der Waals surface area contributed by atoms with Crippen LogP contribution in [0, 0.1) is 0 Å². The zero-order valence-electron chi connectivity index (χ0n) is 15.5. The van der Waals surface area contributed by atoms with Gasteiger partial charge >= 0.3 is 0 Å². The predicted molar refractivity (Wildman–Crippen MR) is 105 cm³/mol. The monoisotopic (exact) mass is 397 g/mol. The van der Waals surface area contributed by atoms with Crippen molar-refractivity contribution in [2.24, 2.45) is 0 Å². The van der Waals surface area contributed by atoms with Crippen LogP contribution >= 0.6 is 0 Å². The van der Waals surface area contributed by atoms with Crippen LogP contribution in [0.1, 0.15) is 49.2 Å². The van der Waals surface area contributed by atoms with Crippen LogP contribution in [0.3, 0.4) is 0 Å². The van der Waals surface area contributed by atoms with Gasteiger partial charge in [-0.3, -0.25) is 5.10 Å². The van der Waals surface area contributed by atoms with Gasteiger partial charge in [0.05, 0.1) is 4.90 Å². The van der Waals surface area contributed by atoms with Crippen LogP contribution in [0.15, 0.2) is 53.7 Å². The Morgan fingerprint density at radius 1 is 0.929 bits per heavy atom. The van der Waals surface area contributed by atoms with Crippen molar-refractivity contribution in [3.8, 4) is 5.69 Å². The van der Waals surface area contributed by atoms with E-state index in [1.54, 1.807) is 16.4 Å². The summed E-state index contributed by atoms with van der Waals surface area (Å²) in [5, 5.41) is 7.40. The predicted octanol–water partition coefficient (Wildman–Crippen LogP) is 3.04. The number of hydrogen-bond acceptors (Lipinski definition) is 4. The molecule has 7 nitrogen and oxygen atoms in total. The number of nitrogens with one attached hydrogen (secondary N) is 1. The molecule has 1 aromatic carbocycles. The molecule has 1 saturated carbocycles. The maximum atomic E-state index is 13.0. The lowest BCUT2D eigenvalue weighted by Crippen LogP contribution is -2.38. The van der Waals surface area contributed by atoms with Gasteiger partial charge in [0.2, 0.25) is 10.0 Å². The van der Waals surface area contributed by atoms with Crippen LogP contribution in [0.4, 0.5) is 0 Å². The lowest BCUT2D eigenvalue weighted by atomic mass is 9.97. The molecular weight excluding hydrogens is 374 g/mol. The van der Waals surface area contributed by atoms with E-state index in [9.17, 15) is 8.42 Å². The highest BCUT2D eigenvalue weighted by atomic mass is 32.2. The second-order valence-electron chi connectivity index (χ2n) is 7.62. The molecule has 28 heavy (non-hydrogen) atoms. The van der Waals surface area contributed by atoms with Crippen molar-refractivity contribution in [1.82, 2.24) is 24.1 Å². The lowest BCUT2D eigenvalue weighted by molar-refractivity contribution is 0.313. The van der Waals surface area contributed by atoms with Gasteiger partial charge in [0, 0.05) is 43.0 Å². The molecule has 0 atom stereocenters. The summed E-state index contributed by atoms with van der Waals surface area (Å²) in [5.74, 6) is 2.62. The molecule has 0 unspecified atom stereocenters. The molecule has 2 aromatic heterocycles. The molecule has 3 aromatic rings. The van der Waals surface area contributed by atoms with Crippen molar-refractivity contribution in [2.75, 3.05) is 13.1 Å². The molecule has 0 amide bonds. The molecule has 1 aliphatic heterocycles. The second-order valence-corrected chi connectivity index (χ2v) is 9.55. The minimum atomic E-state index is -3.47. The molecule has 0 bridgehead atoms. The zero-order valence-corrected chi connectivity index (χ0v) is 16.3. The fraction of sp³-hybridized carbons (Fsp3) is 0.400. The average molecular weight is 398 g/mol. The van der Waals surface area contributed by atoms with Crippen molar-refractivity contribution in [1.29, 1.82) is 0 Å². The van der Waals surface area contributed by atoms with Gasteiger partial charge in [-0.05, 0) is 62.1 Å². The van der Waals surface area contributed by atoms with E-state index in [1.165, 1.54) is 12.8 Å².